The molecule has 0 saturated carbocycles. The van der Waals surface area contributed by atoms with Crippen LogP contribution >= 0.6 is 0 Å². The molecule has 1 aromatic rings. The minimum Gasteiger partial charge on any atom is -0.293 e. The van der Waals surface area contributed by atoms with Crippen LogP contribution in [0.3, 0.4) is 0 Å². The van der Waals surface area contributed by atoms with E-state index in [-0.39, 0.29) is 0 Å². The third-order valence-electron chi connectivity index (χ3n) is 3.10. The van der Waals surface area contributed by atoms with Crippen molar-refractivity contribution in [2.24, 2.45) is 5.14 Å². The van der Waals surface area contributed by atoms with Crippen molar-refractivity contribution in [3.63, 3.8) is 0 Å². The summed E-state index contributed by atoms with van der Waals surface area (Å²) in [6.07, 6.45) is 0.969. The number of nitrogens with two attached hydrogens (primary N) is 1. The first-order chi connectivity index (χ1) is 9.00. The maximum Gasteiger partial charge on any atom is 0.276 e. The van der Waals surface area contributed by atoms with Crippen molar-refractivity contribution >= 4 is 10.2 Å². The molecule has 10 heteroatoms. The molecular formula is C9H19N7O2S. The number of piperazine rings is 1. The molecule has 2 N–H and O–H groups in total. The summed E-state index contributed by atoms with van der Waals surface area (Å²) in [7, 11) is -3.57. The summed E-state index contributed by atoms with van der Waals surface area (Å²) in [5.41, 5.74) is 0. The van der Waals surface area contributed by atoms with Crippen molar-refractivity contribution in [1.29, 1.82) is 0 Å². The van der Waals surface area contributed by atoms with E-state index in [1.165, 1.54) is 4.31 Å². The van der Waals surface area contributed by atoms with Crippen molar-refractivity contribution in [2.75, 3.05) is 26.2 Å². The van der Waals surface area contributed by atoms with Gasteiger partial charge in [0.2, 0.25) is 0 Å². The standard InChI is InChI=1S/C9H19N7O2S/c1-2-3-16-9(11-12-13-16)8-14-4-6-15(7-5-14)19(10,17)18/h2-8H2,1H3,(H2,10,17,18). The van der Waals surface area contributed by atoms with Crippen molar-refractivity contribution in [3.8, 4) is 0 Å². The Morgan fingerprint density at radius 1 is 1.26 bits per heavy atom. The van der Waals surface area contributed by atoms with Gasteiger partial charge < -0.3 is 0 Å². The number of hydrogen-bond donors (Lipinski definition) is 1. The number of nitrogens with zero attached hydrogens (tertiary/aromatic N) is 6. The Bertz CT molecular complexity index is 506. The summed E-state index contributed by atoms with van der Waals surface area (Å²) in [5.74, 6) is 0.811. The molecule has 0 aromatic carbocycles. The lowest BCUT2D eigenvalue weighted by molar-refractivity contribution is 0.175. The lowest BCUT2D eigenvalue weighted by Crippen LogP contribution is -2.50. The minimum absolute atomic E-state index is 0.411. The van der Waals surface area contributed by atoms with Crippen molar-refractivity contribution in [3.05, 3.63) is 5.82 Å². The Labute approximate surface area is 112 Å². The fourth-order valence-corrected chi connectivity index (χ4v) is 2.74. The van der Waals surface area contributed by atoms with Gasteiger partial charge in [-0.3, -0.25) is 4.90 Å². The van der Waals surface area contributed by atoms with Gasteiger partial charge in [-0.25, -0.2) is 9.82 Å². The molecule has 2 heterocycles. The predicted molar refractivity (Wildman–Crippen MR) is 68.1 cm³/mol. The molecular weight excluding hydrogens is 270 g/mol. The number of tetrazole rings is 1. The highest BCUT2D eigenvalue weighted by Crippen LogP contribution is 2.08. The van der Waals surface area contributed by atoms with E-state index in [1.54, 1.807) is 4.68 Å². The van der Waals surface area contributed by atoms with E-state index in [1.807, 2.05) is 0 Å². The summed E-state index contributed by atoms with van der Waals surface area (Å²) in [4.78, 5) is 2.12. The monoisotopic (exact) mass is 289 g/mol. The largest absolute Gasteiger partial charge is 0.293 e. The summed E-state index contributed by atoms with van der Waals surface area (Å²) >= 11 is 0. The molecule has 1 fully saturated rings. The van der Waals surface area contributed by atoms with E-state index in [4.69, 9.17) is 5.14 Å². The average molecular weight is 289 g/mol. The molecule has 9 nitrogen and oxygen atoms in total. The Morgan fingerprint density at radius 2 is 1.95 bits per heavy atom. The molecule has 1 saturated heterocycles. The second kappa shape index (κ2) is 5.90. The van der Waals surface area contributed by atoms with Gasteiger partial charge in [-0.1, -0.05) is 6.92 Å². The first kappa shape index (κ1) is 14.3. The Kier molecular flexibility index (Phi) is 4.45. The number of hydrogen-bond acceptors (Lipinski definition) is 6. The van der Waals surface area contributed by atoms with Crippen LogP contribution in [0.5, 0.6) is 0 Å². The van der Waals surface area contributed by atoms with Gasteiger partial charge in [-0.2, -0.15) is 12.7 Å². The molecule has 1 aliphatic heterocycles. The van der Waals surface area contributed by atoms with E-state index >= 15 is 0 Å². The first-order valence-corrected chi connectivity index (χ1v) is 7.76. The van der Waals surface area contributed by atoms with Crippen LogP contribution in [-0.4, -0.2) is 64.0 Å². The third kappa shape index (κ3) is 3.69. The second-order valence-electron chi connectivity index (χ2n) is 4.54. The molecule has 0 unspecified atom stereocenters. The highest BCUT2D eigenvalue weighted by atomic mass is 32.2. The van der Waals surface area contributed by atoms with Gasteiger partial charge in [0.05, 0.1) is 6.54 Å². The van der Waals surface area contributed by atoms with Gasteiger partial charge in [0.1, 0.15) is 0 Å². The zero-order valence-corrected chi connectivity index (χ0v) is 11.8. The van der Waals surface area contributed by atoms with Gasteiger partial charge >= 0.3 is 0 Å². The molecule has 2 rings (SSSR count). The van der Waals surface area contributed by atoms with Crippen molar-refractivity contribution in [2.45, 2.75) is 26.4 Å². The van der Waals surface area contributed by atoms with Gasteiger partial charge in [0.15, 0.2) is 5.82 Å². The van der Waals surface area contributed by atoms with Crippen molar-refractivity contribution < 1.29 is 8.42 Å². The van der Waals surface area contributed by atoms with Crippen LogP contribution in [0.2, 0.25) is 0 Å². The summed E-state index contributed by atoms with van der Waals surface area (Å²) in [5, 5.41) is 16.7. The number of aromatic nitrogens is 4. The topological polar surface area (TPSA) is 110 Å². The van der Waals surface area contributed by atoms with Gasteiger partial charge in [0, 0.05) is 32.7 Å². The third-order valence-corrected chi connectivity index (χ3v) is 4.18. The fourth-order valence-electron chi connectivity index (χ4n) is 2.06. The highest BCUT2D eigenvalue weighted by Gasteiger charge is 2.24. The average Bonchev–Trinajstić information content (AvgIpc) is 2.77. The maximum atomic E-state index is 11.2. The minimum atomic E-state index is -3.57. The molecule has 1 aliphatic rings. The van der Waals surface area contributed by atoms with E-state index in [0.717, 1.165) is 18.8 Å². The molecule has 1 aromatic heterocycles. The number of rotatable bonds is 5. The summed E-state index contributed by atoms with van der Waals surface area (Å²) < 4.78 is 25.5. The van der Waals surface area contributed by atoms with E-state index in [2.05, 4.69) is 27.3 Å². The zero-order valence-electron chi connectivity index (χ0n) is 10.9. The predicted octanol–water partition coefficient (Wildman–Crippen LogP) is -1.60. The SMILES string of the molecule is CCCn1nnnc1CN1CCN(S(N)(=O)=O)CC1. The lowest BCUT2D eigenvalue weighted by Gasteiger charge is -2.32. The molecule has 0 radical (unpaired) electrons. The first-order valence-electron chi connectivity index (χ1n) is 6.26. The van der Waals surface area contributed by atoms with Crippen LogP contribution in [0.4, 0.5) is 0 Å². The molecule has 0 bridgehead atoms. The van der Waals surface area contributed by atoms with E-state index in [0.29, 0.717) is 32.7 Å². The highest BCUT2D eigenvalue weighted by molar-refractivity contribution is 7.86. The molecule has 19 heavy (non-hydrogen) atoms. The Morgan fingerprint density at radius 3 is 2.53 bits per heavy atom. The molecule has 0 aliphatic carbocycles. The normalized spacial score (nSPS) is 18.8. The second-order valence-corrected chi connectivity index (χ2v) is 6.08. The Hall–Kier alpha value is -1.10. The quantitative estimate of drug-likeness (QED) is 0.699. The summed E-state index contributed by atoms with van der Waals surface area (Å²) in [6.45, 7) is 5.58. The Balaban J connectivity index is 1.90. The summed E-state index contributed by atoms with van der Waals surface area (Å²) in [6, 6.07) is 0. The van der Waals surface area contributed by atoms with Crippen LogP contribution in [0.1, 0.15) is 19.2 Å². The fraction of sp³-hybridized carbons (Fsp3) is 0.889. The van der Waals surface area contributed by atoms with E-state index in [9.17, 15) is 8.42 Å². The lowest BCUT2D eigenvalue weighted by atomic mass is 10.3. The van der Waals surface area contributed by atoms with Crippen LogP contribution in [-0.2, 0) is 23.3 Å². The molecule has 0 amide bonds. The van der Waals surface area contributed by atoms with E-state index < -0.39 is 10.2 Å². The van der Waals surface area contributed by atoms with Gasteiger partial charge in [0.25, 0.3) is 10.2 Å². The van der Waals surface area contributed by atoms with Crippen LogP contribution in [0.15, 0.2) is 0 Å². The van der Waals surface area contributed by atoms with Crippen LogP contribution < -0.4 is 5.14 Å². The molecule has 0 spiro atoms. The van der Waals surface area contributed by atoms with Crippen LogP contribution in [0, 0.1) is 0 Å². The van der Waals surface area contributed by atoms with Gasteiger partial charge in [-0.05, 0) is 16.8 Å². The zero-order chi connectivity index (χ0) is 13.9. The van der Waals surface area contributed by atoms with Crippen LogP contribution in [0.25, 0.3) is 0 Å². The maximum absolute atomic E-state index is 11.2. The van der Waals surface area contributed by atoms with Gasteiger partial charge in [-0.15, -0.1) is 5.10 Å². The van der Waals surface area contributed by atoms with Crippen molar-refractivity contribution in [1.82, 2.24) is 29.4 Å². The smallest absolute Gasteiger partial charge is 0.276 e. The number of aryl methyl sites for hydroxylation is 1. The molecule has 0 atom stereocenters. The molecule has 108 valence electrons.